The number of ether oxygens (including phenoxy) is 1. The Bertz CT molecular complexity index is 750. The number of hydroxylamine groups is 2. The van der Waals surface area contributed by atoms with Crippen LogP contribution in [0.15, 0.2) is 48.5 Å². The number of rotatable bonds is 6. The van der Waals surface area contributed by atoms with Gasteiger partial charge in [0.25, 0.3) is 0 Å². The van der Waals surface area contributed by atoms with Gasteiger partial charge in [0.15, 0.2) is 0 Å². The number of nitrogens with zero attached hydrogens (tertiary/aromatic N) is 1. The smallest absolute Gasteiger partial charge is 0.372 e. The summed E-state index contributed by atoms with van der Waals surface area (Å²) >= 11 is 0. The molecule has 0 aliphatic heterocycles. The zero-order chi connectivity index (χ0) is 19.2. The van der Waals surface area contributed by atoms with Gasteiger partial charge in [0.1, 0.15) is 0 Å². The summed E-state index contributed by atoms with van der Waals surface area (Å²) in [6.45, 7) is 0.243. The van der Waals surface area contributed by atoms with Gasteiger partial charge in [-0.25, -0.2) is 9.86 Å². The third-order valence-electron chi connectivity index (χ3n) is 3.53. The van der Waals surface area contributed by atoms with Crippen LogP contribution in [0.5, 0.6) is 0 Å². The molecule has 0 fully saturated rings. The molecule has 0 aromatic heterocycles. The maximum Gasteiger partial charge on any atom is 0.416 e. The molecule has 2 rings (SSSR count). The monoisotopic (exact) mass is 368 g/mol. The first-order valence-corrected chi connectivity index (χ1v) is 7.71. The van der Waals surface area contributed by atoms with Crippen LogP contribution in [0, 0.1) is 0 Å². The van der Waals surface area contributed by atoms with Crippen LogP contribution in [-0.4, -0.2) is 25.3 Å². The molecule has 0 atom stereocenters. The first-order valence-electron chi connectivity index (χ1n) is 7.71. The number of alkyl halides is 3. The highest BCUT2D eigenvalue weighted by molar-refractivity contribution is 5.88. The summed E-state index contributed by atoms with van der Waals surface area (Å²) in [5, 5.41) is 3.69. The van der Waals surface area contributed by atoms with Gasteiger partial charge in [-0.1, -0.05) is 24.3 Å². The van der Waals surface area contributed by atoms with Crippen LogP contribution in [0.4, 0.5) is 23.7 Å². The van der Waals surface area contributed by atoms with E-state index in [1.807, 2.05) is 0 Å². The van der Waals surface area contributed by atoms with E-state index in [9.17, 15) is 18.0 Å². The Morgan fingerprint density at radius 1 is 1.08 bits per heavy atom. The predicted molar refractivity (Wildman–Crippen MR) is 90.2 cm³/mol. The number of nitrogens with one attached hydrogen (secondary N) is 1. The van der Waals surface area contributed by atoms with Crippen molar-refractivity contribution in [2.45, 2.75) is 19.4 Å². The zero-order valence-electron chi connectivity index (χ0n) is 14.3. The Labute approximate surface area is 149 Å². The number of urea groups is 1. The lowest BCUT2D eigenvalue weighted by molar-refractivity contribution is -0.137. The van der Waals surface area contributed by atoms with Crippen molar-refractivity contribution in [3.63, 3.8) is 0 Å². The molecule has 5 nitrogen and oxygen atoms in total. The number of amides is 2. The number of hydrogen-bond acceptors (Lipinski definition) is 3. The lowest BCUT2D eigenvalue weighted by Gasteiger charge is -2.15. The number of anilines is 1. The second kappa shape index (κ2) is 8.68. The lowest BCUT2D eigenvalue weighted by Crippen LogP contribution is -2.30. The van der Waals surface area contributed by atoms with Crippen molar-refractivity contribution in [1.29, 1.82) is 0 Å². The van der Waals surface area contributed by atoms with Crippen LogP contribution in [-0.2, 0) is 29.0 Å². The molecule has 2 aromatic carbocycles. The average molecular weight is 368 g/mol. The molecule has 0 aliphatic rings. The number of carbonyl (C=O) groups is 1. The molecule has 0 saturated heterocycles. The van der Waals surface area contributed by atoms with E-state index in [0.717, 1.165) is 22.8 Å². The van der Waals surface area contributed by atoms with Crippen LogP contribution in [0.3, 0.4) is 0 Å². The minimum Gasteiger partial charge on any atom is -0.372 e. The molecule has 26 heavy (non-hydrogen) atoms. The topological polar surface area (TPSA) is 50.8 Å². The van der Waals surface area contributed by atoms with Crippen LogP contribution in [0.2, 0.25) is 0 Å². The average Bonchev–Trinajstić information content (AvgIpc) is 2.61. The van der Waals surface area contributed by atoms with Gasteiger partial charge in [0, 0.05) is 12.7 Å². The Morgan fingerprint density at radius 3 is 2.31 bits per heavy atom. The summed E-state index contributed by atoms with van der Waals surface area (Å²) in [6, 6.07) is 11.5. The van der Waals surface area contributed by atoms with E-state index in [1.54, 1.807) is 30.3 Å². The van der Waals surface area contributed by atoms with Gasteiger partial charge in [-0.05, 0) is 35.4 Å². The van der Waals surface area contributed by atoms with E-state index < -0.39 is 17.8 Å². The van der Waals surface area contributed by atoms with Gasteiger partial charge in [0.2, 0.25) is 0 Å². The van der Waals surface area contributed by atoms with E-state index in [0.29, 0.717) is 11.3 Å². The van der Waals surface area contributed by atoms with E-state index in [1.165, 1.54) is 20.2 Å². The Morgan fingerprint density at radius 2 is 1.69 bits per heavy atom. The van der Waals surface area contributed by atoms with Gasteiger partial charge < -0.3 is 10.1 Å². The molecule has 0 unspecified atom stereocenters. The van der Waals surface area contributed by atoms with Crippen molar-refractivity contribution in [3.8, 4) is 0 Å². The normalized spacial score (nSPS) is 11.3. The molecule has 1 N–H and O–H groups in total. The molecular weight excluding hydrogens is 349 g/mol. The first kappa shape index (κ1) is 19.7. The van der Waals surface area contributed by atoms with Gasteiger partial charge in [-0.15, -0.1) is 0 Å². The fraction of sp³-hybridized carbons (Fsp3) is 0.278. The van der Waals surface area contributed by atoms with Gasteiger partial charge >= 0.3 is 12.2 Å². The summed E-state index contributed by atoms with van der Waals surface area (Å²) in [4.78, 5) is 16.5. The number of halogens is 3. The van der Waals surface area contributed by atoms with Gasteiger partial charge in [-0.3, -0.25) is 4.84 Å². The summed E-state index contributed by atoms with van der Waals surface area (Å²) in [6.07, 6.45) is -4.38. The molecule has 2 aromatic rings. The molecule has 8 heteroatoms. The quantitative estimate of drug-likeness (QED) is 0.767. The maximum atomic E-state index is 12.7. The van der Waals surface area contributed by atoms with Crippen molar-refractivity contribution in [3.05, 3.63) is 65.2 Å². The maximum absolute atomic E-state index is 12.7. The van der Waals surface area contributed by atoms with Crippen molar-refractivity contribution >= 4 is 11.7 Å². The second-order valence-electron chi connectivity index (χ2n) is 5.50. The van der Waals surface area contributed by atoms with Crippen LogP contribution >= 0.6 is 0 Å². The molecule has 0 bridgehead atoms. The predicted octanol–water partition coefficient (Wildman–Crippen LogP) is 4.45. The highest BCUT2D eigenvalue weighted by atomic mass is 19.4. The lowest BCUT2D eigenvalue weighted by atomic mass is 10.1. The number of carbonyl (C=O) groups excluding carboxylic acids is 1. The fourth-order valence-corrected chi connectivity index (χ4v) is 2.15. The van der Waals surface area contributed by atoms with Gasteiger partial charge in [-0.2, -0.15) is 13.2 Å². The molecule has 0 heterocycles. The molecule has 2 amide bonds. The molecule has 0 spiro atoms. The Hall–Kier alpha value is -2.58. The summed E-state index contributed by atoms with van der Waals surface area (Å²) in [5.74, 6) is 0. The zero-order valence-corrected chi connectivity index (χ0v) is 14.3. The molecular formula is C18H19F3N2O3. The first-order chi connectivity index (χ1) is 12.3. The summed E-state index contributed by atoms with van der Waals surface area (Å²) in [7, 11) is 2.84. The number of hydrogen-bond donors (Lipinski definition) is 1. The molecule has 140 valence electrons. The highest BCUT2D eigenvalue weighted by Crippen LogP contribution is 2.29. The standard InChI is InChI=1S/C18H19F3N2O3/c1-23(25-2)17(24)22-16-8-4-6-14(10-16)12-26-11-13-5-3-7-15(9-13)18(19,20)21/h3-10H,11-12H2,1-2H3,(H,22,24). The van der Waals surface area contributed by atoms with E-state index in [2.05, 4.69) is 5.32 Å². The second-order valence-corrected chi connectivity index (χ2v) is 5.50. The summed E-state index contributed by atoms with van der Waals surface area (Å²) < 4.78 is 43.6. The van der Waals surface area contributed by atoms with E-state index >= 15 is 0 Å². The van der Waals surface area contributed by atoms with Crippen LogP contribution in [0.1, 0.15) is 16.7 Å². The van der Waals surface area contributed by atoms with Crippen LogP contribution < -0.4 is 5.32 Å². The van der Waals surface area contributed by atoms with Gasteiger partial charge in [0.05, 0.1) is 25.9 Å². The number of benzene rings is 2. The molecule has 0 saturated carbocycles. The fourth-order valence-electron chi connectivity index (χ4n) is 2.15. The van der Waals surface area contributed by atoms with Crippen molar-refractivity contribution in [1.82, 2.24) is 5.06 Å². The molecule has 0 aliphatic carbocycles. The van der Waals surface area contributed by atoms with Crippen molar-refractivity contribution in [2.75, 3.05) is 19.5 Å². The van der Waals surface area contributed by atoms with E-state index in [4.69, 9.17) is 9.57 Å². The molecule has 0 radical (unpaired) electrons. The SMILES string of the molecule is CON(C)C(=O)Nc1cccc(COCc2cccc(C(F)(F)F)c2)c1. The summed E-state index contributed by atoms with van der Waals surface area (Å²) in [5.41, 5.74) is 1.06. The Balaban J connectivity index is 1.92. The minimum atomic E-state index is -4.38. The van der Waals surface area contributed by atoms with Crippen molar-refractivity contribution < 1.29 is 27.5 Å². The minimum absolute atomic E-state index is 0.0485. The third kappa shape index (κ3) is 5.75. The Kier molecular flexibility index (Phi) is 6.59. The third-order valence-corrected chi connectivity index (χ3v) is 3.53. The van der Waals surface area contributed by atoms with E-state index in [-0.39, 0.29) is 13.2 Å². The largest absolute Gasteiger partial charge is 0.416 e. The highest BCUT2D eigenvalue weighted by Gasteiger charge is 2.30. The van der Waals surface area contributed by atoms with Crippen molar-refractivity contribution in [2.24, 2.45) is 0 Å². The van der Waals surface area contributed by atoms with Crippen LogP contribution in [0.25, 0.3) is 0 Å².